The third-order valence-corrected chi connectivity index (χ3v) is 5.74. The minimum atomic E-state index is -0.353. The molecule has 1 amide bonds. The van der Waals surface area contributed by atoms with Crippen molar-refractivity contribution in [2.24, 2.45) is 0 Å². The summed E-state index contributed by atoms with van der Waals surface area (Å²) in [5.74, 6) is -0.298. The van der Waals surface area contributed by atoms with Crippen LogP contribution in [0.2, 0.25) is 0 Å². The van der Waals surface area contributed by atoms with E-state index >= 15 is 0 Å². The molecule has 3 heterocycles. The van der Waals surface area contributed by atoms with E-state index in [-0.39, 0.29) is 23.1 Å². The Hall–Kier alpha value is -2.44. The number of likely N-dealkylation sites (tertiary alicyclic amines) is 1. The summed E-state index contributed by atoms with van der Waals surface area (Å²) in [6.45, 7) is 2.59. The number of nitrogens with zero attached hydrogens (tertiary/aromatic N) is 1. The molecule has 4 rings (SSSR count). The van der Waals surface area contributed by atoms with E-state index in [1.54, 1.807) is 35.6 Å². The minimum absolute atomic E-state index is 0.0556. The van der Waals surface area contributed by atoms with Crippen LogP contribution >= 0.6 is 11.3 Å². The summed E-state index contributed by atoms with van der Waals surface area (Å²) in [6.07, 6.45) is 2.38. The van der Waals surface area contributed by atoms with E-state index in [0.29, 0.717) is 17.5 Å². The second-order valence-corrected chi connectivity index (χ2v) is 7.43. The summed E-state index contributed by atoms with van der Waals surface area (Å²) in [7, 11) is 0. The van der Waals surface area contributed by atoms with Gasteiger partial charge in [-0.3, -0.25) is 14.5 Å². The first-order valence-electron chi connectivity index (χ1n) is 8.81. The van der Waals surface area contributed by atoms with Gasteiger partial charge in [-0.2, -0.15) is 0 Å². The van der Waals surface area contributed by atoms with Crippen LogP contribution in [0, 0.1) is 0 Å². The smallest absolute Gasteiger partial charge is 0.287 e. The highest BCUT2D eigenvalue weighted by Gasteiger charge is 2.25. The lowest BCUT2D eigenvalue weighted by Crippen LogP contribution is -2.36. The Morgan fingerprint density at radius 2 is 2.00 bits per heavy atom. The first-order valence-corrected chi connectivity index (χ1v) is 9.69. The number of carbonyl (C=O) groups excluding carboxylic acids is 1. The van der Waals surface area contributed by atoms with Gasteiger partial charge in [-0.25, -0.2) is 0 Å². The molecule has 0 aliphatic carbocycles. The molecule has 1 fully saturated rings. The standard InChI is InChI=1S/C20H20N2O3S/c23-16-12-18(25-17-7-2-1-6-14(16)17)20(24)21-13-15(19-8-5-11-26-19)22-9-3-4-10-22/h1-2,5-8,11-12,15H,3-4,9-10,13H2,(H,21,24). The number of hydrogen-bond acceptors (Lipinski definition) is 5. The van der Waals surface area contributed by atoms with Crippen molar-refractivity contribution in [2.45, 2.75) is 18.9 Å². The molecular weight excluding hydrogens is 348 g/mol. The maximum atomic E-state index is 12.6. The molecule has 1 aromatic carbocycles. The third kappa shape index (κ3) is 3.43. The molecule has 0 radical (unpaired) electrons. The van der Waals surface area contributed by atoms with Crippen LogP contribution in [0.1, 0.15) is 34.3 Å². The normalized spacial score (nSPS) is 16.0. The number of thiophene rings is 1. The van der Waals surface area contributed by atoms with Gasteiger partial charge in [0.1, 0.15) is 5.58 Å². The summed E-state index contributed by atoms with van der Waals surface area (Å²) in [6, 6.07) is 12.5. The third-order valence-electron chi connectivity index (χ3n) is 4.77. The number of amides is 1. The highest BCUT2D eigenvalue weighted by Crippen LogP contribution is 2.27. The number of para-hydroxylation sites is 1. The molecule has 2 aromatic heterocycles. The molecule has 0 saturated carbocycles. The van der Waals surface area contributed by atoms with Crippen molar-refractivity contribution in [2.75, 3.05) is 19.6 Å². The van der Waals surface area contributed by atoms with Crippen LogP contribution < -0.4 is 10.7 Å². The van der Waals surface area contributed by atoms with Gasteiger partial charge in [0.05, 0.1) is 11.4 Å². The van der Waals surface area contributed by atoms with Gasteiger partial charge >= 0.3 is 0 Å². The molecule has 1 aliphatic heterocycles. The monoisotopic (exact) mass is 368 g/mol. The first kappa shape index (κ1) is 17.0. The van der Waals surface area contributed by atoms with E-state index in [9.17, 15) is 9.59 Å². The van der Waals surface area contributed by atoms with E-state index in [4.69, 9.17) is 4.42 Å². The maximum absolute atomic E-state index is 12.6. The molecular formula is C20H20N2O3S. The fourth-order valence-electron chi connectivity index (χ4n) is 3.44. The van der Waals surface area contributed by atoms with Gasteiger partial charge in [-0.05, 0) is 49.5 Å². The van der Waals surface area contributed by atoms with Crippen molar-refractivity contribution in [3.8, 4) is 0 Å². The van der Waals surface area contributed by atoms with Crippen molar-refractivity contribution < 1.29 is 9.21 Å². The second kappa shape index (κ2) is 7.43. The van der Waals surface area contributed by atoms with E-state index in [2.05, 4.69) is 21.7 Å². The molecule has 5 nitrogen and oxygen atoms in total. The van der Waals surface area contributed by atoms with Gasteiger partial charge in [0.2, 0.25) is 0 Å². The fourth-order valence-corrected chi connectivity index (χ4v) is 4.30. The largest absolute Gasteiger partial charge is 0.451 e. The topological polar surface area (TPSA) is 62.6 Å². The van der Waals surface area contributed by atoms with Gasteiger partial charge < -0.3 is 9.73 Å². The number of hydrogen-bond donors (Lipinski definition) is 1. The molecule has 1 N–H and O–H groups in total. The van der Waals surface area contributed by atoms with Gasteiger partial charge in [0.15, 0.2) is 11.2 Å². The Balaban J connectivity index is 1.53. The number of benzene rings is 1. The summed E-state index contributed by atoms with van der Waals surface area (Å²) in [4.78, 5) is 28.4. The molecule has 1 aliphatic rings. The van der Waals surface area contributed by atoms with Crippen molar-refractivity contribution in [3.63, 3.8) is 0 Å². The Labute approximate surface area is 155 Å². The summed E-state index contributed by atoms with van der Waals surface area (Å²) < 4.78 is 5.63. The summed E-state index contributed by atoms with van der Waals surface area (Å²) in [5, 5.41) is 5.49. The van der Waals surface area contributed by atoms with Crippen molar-refractivity contribution in [1.29, 1.82) is 0 Å². The SMILES string of the molecule is O=C(NCC(c1cccs1)N1CCCC1)c1cc(=O)c2ccccc2o1. The van der Waals surface area contributed by atoms with Gasteiger partial charge in [0.25, 0.3) is 5.91 Å². The average Bonchev–Trinajstić information content (AvgIpc) is 3.36. The van der Waals surface area contributed by atoms with Crippen LogP contribution in [0.25, 0.3) is 11.0 Å². The molecule has 0 bridgehead atoms. The van der Waals surface area contributed by atoms with Crippen molar-refractivity contribution in [3.05, 3.63) is 68.7 Å². The van der Waals surface area contributed by atoms with Crippen molar-refractivity contribution >= 4 is 28.2 Å². The predicted molar refractivity (Wildman–Crippen MR) is 103 cm³/mol. The van der Waals surface area contributed by atoms with Crippen LogP contribution in [0.15, 0.2) is 57.1 Å². The zero-order chi connectivity index (χ0) is 17.9. The average molecular weight is 368 g/mol. The predicted octanol–water partition coefficient (Wildman–Crippen LogP) is 3.42. The molecule has 26 heavy (non-hydrogen) atoms. The Kier molecular flexibility index (Phi) is 4.86. The highest BCUT2D eigenvalue weighted by atomic mass is 32.1. The van der Waals surface area contributed by atoms with Crippen molar-refractivity contribution in [1.82, 2.24) is 10.2 Å². The van der Waals surface area contributed by atoms with E-state index in [1.807, 2.05) is 6.07 Å². The maximum Gasteiger partial charge on any atom is 0.287 e. The van der Waals surface area contributed by atoms with Gasteiger partial charge in [-0.1, -0.05) is 18.2 Å². The molecule has 1 atom stereocenters. The van der Waals surface area contributed by atoms with E-state index in [1.165, 1.54) is 23.8 Å². The zero-order valence-electron chi connectivity index (χ0n) is 14.3. The number of rotatable bonds is 5. The molecule has 1 saturated heterocycles. The number of carbonyl (C=O) groups is 1. The lowest BCUT2D eigenvalue weighted by Gasteiger charge is -2.26. The van der Waals surface area contributed by atoms with Gasteiger partial charge in [0, 0.05) is 17.5 Å². The second-order valence-electron chi connectivity index (χ2n) is 6.46. The minimum Gasteiger partial charge on any atom is -0.451 e. The molecule has 6 heteroatoms. The highest BCUT2D eigenvalue weighted by molar-refractivity contribution is 7.10. The number of fused-ring (bicyclic) bond motifs is 1. The van der Waals surface area contributed by atoms with Crippen LogP contribution in [0.3, 0.4) is 0 Å². The Bertz CT molecular complexity index is 959. The summed E-state index contributed by atoms with van der Waals surface area (Å²) in [5.41, 5.74) is 0.228. The van der Waals surface area contributed by atoms with Gasteiger partial charge in [-0.15, -0.1) is 11.3 Å². The van der Waals surface area contributed by atoms with E-state index in [0.717, 1.165) is 13.1 Å². The quantitative estimate of drug-likeness (QED) is 0.750. The summed E-state index contributed by atoms with van der Waals surface area (Å²) >= 11 is 1.70. The lowest BCUT2D eigenvalue weighted by atomic mass is 10.2. The van der Waals surface area contributed by atoms with Crippen LogP contribution in [-0.2, 0) is 0 Å². The zero-order valence-corrected chi connectivity index (χ0v) is 15.1. The Morgan fingerprint density at radius 1 is 1.19 bits per heavy atom. The molecule has 3 aromatic rings. The van der Waals surface area contributed by atoms with Crippen LogP contribution in [-0.4, -0.2) is 30.4 Å². The Morgan fingerprint density at radius 3 is 2.77 bits per heavy atom. The lowest BCUT2D eigenvalue weighted by molar-refractivity contribution is 0.0911. The van der Waals surface area contributed by atoms with Crippen LogP contribution in [0.5, 0.6) is 0 Å². The fraction of sp³-hybridized carbons (Fsp3) is 0.300. The number of nitrogens with one attached hydrogen (secondary N) is 1. The van der Waals surface area contributed by atoms with Crippen LogP contribution in [0.4, 0.5) is 0 Å². The molecule has 134 valence electrons. The molecule has 1 unspecified atom stereocenters. The first-order chi connectivity index (χ1) is 12.7. The molecule has 0 spiro atoms. The van der Waals surface area contributed by atoms with E-state index < -0.39 is 0 Å².